The lowest BCUT2D eigenvalue weighted by atomic mass is 10.3. The first-order valence-corrected chi connectivity index (χ1v) is 4.67. The maximum absolute atomic E-state index is 3.60. The highest BCUT2D eigenvalue weighted by atomic mass is 13.9. The Bertz CT molecular complexity index is 94.6. The molecule has 0 N–H and O–H groups in total. The van der Waals surface area contributed by atoms with Crippen molar-refractivity contribution in [2.45, 2.75) is 45.4 Å². The maximum Gasteiger partial charge on any atom is -0.0348 e. The van der Waals surface area contributed by atoms with Gasteiger partial charge in [0.2, 0.25) is 0 Å². The highest BCUT2D eigenvalue weighted by Crippen LogP contribution is 2.05. The maximum atomic E-state index is 3.60. The van der Waals surface area contributed by atoms with E-state index in [-0.39, 0.29) is 0 Å². The van der Waals surface area contributed by atoms with Gasteiger partial charge in [-0.05, 0) is 25.7 Å². The summed E-state index contributed by atoms with van der Waals surface area (Å²) in [5.41, 5.74) is 0. The van der Waals surface area contributed by atoms with Gasteiger partial charge in [-0.2, -0.15) is 0 Å². The van der Waals surface area contributed by atoms with Crippen LogP contribution < -0.4 is 0 Å². The molecule has 0 nitrogen and oxygen atoms in total. The predicted octanol–water partition coefficient (Wildman–Crippen LogP) is 4.09. The molecule has 0 aromatic heterocycles. The summed E-state index contributed by atoms with van der Waals surface area (Å²) in [5.74, 6) is 0. The van der Waals surface area contributed by atoms with Crippen LogP contribution in [0.3, 0.4) is 0 Å². The molecule has 1 aliphatic rings. The Labute approximate surface area is 71.0 Å². The predicted molar refractivity (Wildman–Crippen MR) is 52.7 cm³/mol. The molecule has 1 aliphatic carbocycles. The molecule has 0 bridgehead atoms. The molecule has 0 amide bonds. The van der Waals surface area contributed by atoms with E-state index < -0.39 is 0 Å². The molecule has 0 saturated heterocycles. The third-order valence-corrected chi connectivity index (χ3v) is 1.67. The molecule has 0 radical (unpaired) electrons. The summed E-state index contributed by atoms with van der Waals surface area (Å²) >= 11 is 0. The van der Waals surface area contributed by atoms with E-state index in [9.17, 15) is 0 Å². The molecule has 0 saturated carbocycles. The Morgan fingerprint density at radius 1 is 1.36 bits per heavy atom. The first-order valence-electron chi connectivity index (χ1n) is 4.67. The highest BCUT2D eigenvalue weighted by Gasteiger charge is 1.84. The van der Waals surface area contributed by atoms with Crippen molar-refractivity contribution in [1.29, 1.82) is 0 Å². The zero-order chi connectivity index (χ0) is 8.36. The van der Waals surface area contributed by atoms with Gasteiger partial charge in [-0.25, -0.2) is 0 Å². The second kappa shape index (κ2) is 9.48. The minimum Gasteiger partial charge on any atom is -0.103 e. The van der Waals surface area contributed by atoms with Crippen LogP contribution in [0.15, 0.2) is 24.8 Å². The summed E-state index contributed by atoms with van der Waals surface area (Å²) in [7, 11) is 0. The average Bonchev–Trinajstić information content (AvgIpc) is 2.57. The van der Waals surface area contributed by atoms with Crippen molar-refractivity contribution in [2.24, 2.45) is 0 Å². The van der Waals surface area contributed by atoms with E-state index in [1.165, 1.54) is 38.5 Å². The van der Waals surface area contributed by atoms with E-state index in [1.807, 2.05) is 6.08 Å². The molecule has 0 atom stereocenters. The Morgan fingerprint density at radius 2 is 2.00 bits per heavy atom. The zero-order valence-corrected chi connectivity index (χ0v) is 7.68. The van der Waals surface area contributed by atoms with Crippen LogP contribution in [0.1, 0.15) is 45.4 Å². The Kier molecular flexibility index (Phi) is 9.03. The largest absolute Gasteiger partial charge is 0.103 e. The van der Waals surface area contributed by atoms with Crippen molar-refractivity contribution < 1.29 is 0 Å². The molecule has 0 aliphatic heterocycles. The number of rotatable bonds is 3. The number of hydrogen-bond acceptors (Lipinski definition) is 0. The standard InChI is InChI=1S/C6H12.C5H8/c1-3-5-6-4-2;1-2-4-5-3-1/h3H,1,4-6H2,2H3;1-2H,3-5H2. The fourth-order valence-corrected chi connectivity index (χ4v) is 0.938. The minimum absolute atomic E-state index is 1.18. The van der Waals surface area contributed by atoms with Crippen LogP contribution in [0.25, 0.3) is 0 Å². The van der Waals surface area contributed by atoms with Crippen molar-refractivity contribution in [3.63, 3.8) is 0 Å². The molecule has 1 rings (SSSR count). The first-order chi connectivity index (χ1) is 5.41. The summed E-state index contributed by atoms with van der Waals surface area (Å²) in [5, 5.41) is 0. The summed E-state index contributed by atoms with van der Waals surface area (Å²) in [6.45, 7) is 5.78. The zero-order valence-electron chi connectivity index (χ0n) is 7.68. The van der Waals surface area contributed by atoms with Crippen molar-refractivity contribution >= 4 is 0 Å². The third kappa shape index (κ3) is 9.48. The molecular weight excluding hydrogens is 132 g/mol. The van der Waals surface area contributed by atoms with Gasteiger partial charge in [0.1, 0.15) is 0 Å². The monoisotopic (exact) mass is 152 g/mol. The lowest BCUT2D eigenvalue weighted by molar-refractivity contribution is 0.816. The molecular formula is C11H20. The van der Waals surface area contributed by atoms with E-state index in [0.29, 0.717) is 0 Å². The van der Waals surface area contributed by atoms with Crippen LogP contribution in [-0.4, -0.2) is 0 Å². The number of hydrogen-bond donors (Lipinski definition) is 0. The molecule has 0 fully saturated rings. The normalized spacial score (nSPS) is 13.9. The van der Waals surface area contributed by atoms with Gasteiger partial charge in [0.05, 0.1) is 0 Å². The second-order valence-corrected chi connectivity index (χ2v) is 2.83. The van der Waals surface area contributed by atoms with Gasteiger partial charge in [0.25, 0.3) is 0 Å². The number of unbranched alkanes of at least 4 members (excludes halogenated alkanes) is 2. The van der Waals surface area contributed by atoms with Crippen LogP contribution in [0.4, 0.5) is 0 Å². The number of allylic oxidation sites excluding steroid dienone is 3. The van der Waals surface area contributed by atoms with Gasteiger partial charge in [0.15, 0.2) is 0 Å². The van der Waals surface area contributed by atoms with Crippen molar-refractivity contribution in [2.75, 3.05) is 0 Å². The quantitative estimate of drug-likeness (QED) is 0.422. The van der Waals surface area contributed by atoms with E-state index >= 15 is 0 Å². The lowest BCUT2D eigenvalue weighted by Crippen LogP contribution is -1.61. The summed E-state index contributed by atoms with van der Waals surface area (Å²) < 4.78 is 0. The van der Waals surface area contributed by atoms with E-state index in [2.05, 4.69) is 25.7 Å². The van der Waals surface area contributed by atoms with Crippen LogP contribution in [0.2, 0.25) is 0 Å². The van der Waals surface area contributed by atoms with Gasteiger partial charge in [-0.1, -0.05) is 38.0 Å². The minimum atomic E-state index is 1.18. The Hall–Kier alpha value is -0.520. The Morgan fingerprint density at radius 3 is 2.18 bits per heavy atom. The van der Waals surface area contributed by atoms with Crippen LogP contribution in [0.5, 0.6) is 0 Å². The molecule has 0 unspecified atom stereocenters. The summed E-state index contributed by atoms with van der Waals surface area (Å²) in [4.78, 5) is 0. The summed E-state index contributed by atoms with van der Waals surface area (Å²) in [6.07, 6.45) is 14.2. The molecule has 0 heteroatoms. The van der Waals surface area contributed by atoms with Crippen molar-refractivity contribution in [1.82, 2.24) is 0 Å². The lowest BCUT2D eigenvalue weighted by Gasteiger charge is -1.81. The van der Waals surface area contributed by atoms with Gasteiger partial charge in [0, 0.05) is 0 Å². The van der Waals surface area contributed by atoms with Crippen LogP contribution in [-0.2, 0) is 0 Å². The summed E-state index contributed by atoms with van der Waals surface area (Å²) in [6, 6.07) is 0. The van der Waals surface area contributed by atoms with Crippen LogP contribution in [0, 0.1) is 0 Å². The SMILES string of the molecule is C1=CCCC1.C=CCCCC. The van der Waals surface area contributed by atoms with Gasteiger partial charge in [-0.3, -0.25) is 0 Å². The highest BCUT2D eigenvalue weighted by molar-refractivity contribution is 4.88. The van der Waals surface area contributed by atoms with Crippen molar-refractivity contribution in [3.8, 4) is 0 Å². The van der Waals surface area contributed by atoms with Crippen LogP contribution >= 0.6 is 0 Å². The Balaban J connectivity index is 0.000000183. The molecule has 0 aromatic carbocycles. The van der Waals surface area contributed by atoms with Gasteiger partial charge >= 0.3 is 0 Å². The van der Waals surface area contributed by atoms with Crippen molar-refractivity contribution in [3.05, 3.63) is 24.8 Å². The molecule has 0 spiro atoms. The second-order valence-electron chi connectivity index (χ2n) is 2.83. The first kappa shape index (κ1) is 10.5. The van der Waals surface area contributed by atoms with E-state index in [1.54, 1.807) is 0 Å². The molecule has 0 aromatic rings. The van der Waals surface area contributed by atoms with E-state index in [4.69, 9.17) is 0 Å². The van der Waals surface area contributed by atoms with Gasteiger partial charge < -0.3 is 0 Å². The fraction of sp³-hybridized carbons (Fsp3) is 0.636. The van der Waals surface area contributed by atoms with Gasteiger partial charge in [-0.15, -0.1) is 6.58 Å². The van der Waals surface area contributed by atoms with E-state index in [0.717, 1.165) is 0 Å². The topological polar surface area (TPSA) is 0 Å². The average molecular weight is 152 g/mol. The smallest absolute Gasteiger partial charge is 0.0348 e. The molecule has 0 heterocycles. The third-order valence-electron chi connectivity index (χ3n) is 1.67. The molecule has 64 valence electrons. The molecule has 11 heavy (non-hydrogen) atoms. The fourth-order valence-electron chi connectivity index (χ4n) is 0.938.